The monoisotopic (exact) mass is 284 g/mol. The molecule has 0 aliphatic heterocycles. The van der Waals surface area contributed by atoms with Crippen molar-refractivity contribution in [3.63, 3.8) is 0 Å². The molecule has 0 saturated carbocycles. The lowest BCUT2D eigenvalue weighted by Gasteiger charge is -2.25. The van der Waals surface area contributed by atoms with Gasteiger partial charge in [-0.25, -0.2) is 0 Å². The Bertz CT molecular complexity index is 531. The lowest BCUT2D eigenvalue weighted by atomic mass is 9.77. The number of hydrogen-bond acceptors (Lipinski definition) is 2. The van der Waals surface area contributed by atoms with Gasteiger partial charge in [0, 0.05) is 18.3 Å². The maximum Gasteiger partial charge on any atom is 0.228 e. The van der Waals surface area contributed by atoms with Crippen LogP contribution in [0.2, 0.25) is 0 Å². The fourth-order valence-electron chi connectivity index (χ4n) is 1.68. The minimum absolute atomic E-state index is 0.0257. The minimum Gasteiger partial charge on any atom is -0.303 e. The third kappa shape index (κ3) is 7.33. The number of hydrogen-bond donors (Lipinski definition) is 0. The molecule has 21 heavy (non-hydrogen) atoms. The van der Waals surface area contributed by atoms with Gasteiger partial charge in [0.1, 0.15) is 6.29 Å². The van der Waals surface area contributed by atoms with Crippen LogP contribution in [0.1, 0.15) is 47.0 Å². The summed E-state index contributed by atoms with van der Waals surface area (Å²) in [5, 5.41) is 0. The van der Waals surface area contributed by atoms with Gasteiger partial charge >= 0.3 is 0 Å². The van der Waals surface area contributed by atoms with Crippen LogP contribution in [-0.2, 0) is 9.59 Å². The minimum atomic E-state index is -0.536. The molecule has 0 rings (SSSR count). The smallest absolute Gasteiger partial charge is 0.228 e. The fourth-order valence-corrected chi connectivity index (χ4v) is 1.68. The molecule has 0 heterocycles. The van der Waals surface area contributed by atoms with Crippen molar-refractivity contribution in [1.82, 2.24) is 0 Å². The fraction of sp³-hybridized carbons (Fsp3) is 0.474. The van der Waals surface area contributed by atoms with Crippen molar-refractivity contribution < 1.29 is 9.59 Å². The zero-order valence-corrected chi connectivity index (χ0v) is 13.5. The highest BCUT2D eigenvalue weighted by Crippen LogP contribution is 2.29. The second kappa shape index (κ2) is 9.78. The first-order valence-corrected chi connectivity index (χ1v) is 7.10. The molecule has 2 heteroatoms. The summed E-state index contributed by atoms with van der Waals surface area (Å²) in [5.74, 6) is 11.2. The summed E-state index contributed by atoms with van der Waals surface area (Å²) in [7, 11) is 0. The van der Waals surface area contributed by atoms with Crippen molar-refractivity contribution in [3.05, 3.63) is 24.3 Å². The Labute approximate surface area is 128 Å². The van der Waals surface area contributed by atoms with E-state index >= 15 is 0 Å². The molecule has 0 aromatic heterocycles. The second-order valence-corrected chi connectivity index (χ2v) is 5.32. The van der Waals surface area contributed by atoms with E-state index < -0.39 is 5.41 Å². The van der Waals surface area contributed by atoms with E-state index in [0.717, 1.165) is 24.7 Å². The first kappa shape index (κ1) is 18.9. The van der Waals surface area contributed by atoms with Crippen LogP contribution in [0.15, 0.2) is 24.3 Å². The molecule has 0 bridgehead atoms. The van der Waals surface area contributed by atoms with Crippen LogP contribution in [0.3, 0.4) is 0 Å². The molecule has 0 amide bonds. The SMILES string of the molecule is C=CC(C)(C#CC(=O)/C=C(\C)CCC#CC)C(C)CC=O. The summed E-state index contributed by atoms with van der Waals surface area (Å²) in [6, 6.07) is 0. The molecule has 0 N–H and O–H groups in total. The number of carbonyl (C=O) groups is 2. The van der Waals surface area contributed by atoms with Crippen LogP contribution in [0, 0.1) is 35.0 Å². The lowest BCUT2D eigenvalue weighted by molar-refractivity contribution is -0.110. The topological polar surface area (TPSA) is 34.1 Å². The number of ketones is 1. The van der Waals surface area contributed by atoms with E-state index in [-0.39, 0.29) is 11.7 Å². The molecule has 2 atom stereocenters. The Morgan fingerprint density at radius 1 is 1.43 bits per heavy atom. The molecule has 2 unspecified atom stereocenters. The molecule has 0 radical (unpaired) electrons. The van der Waals surface area contributed by atoms with Crippen LogP contribution in [0.25, 0.3) is 0 Å². The van der Waals surface area contributed by atoms with Gasteiger partial charge in [0.15, 0.2) is 0 Å². The Balaban J connectivity index is 4.89. The number of carbonyl (C=O) groups excluding carboxylic acids is 2. The quantitative estimate of drug-likeness (QED) is 0.235. The zero-order valence-electron chi connectivity index (χ0n) is 13.5. The van der Waals surface area contributed by atoms with Gasteiger partial charge in [0.25, 0.3) is 0 Å². The molecule has 0 aliphatic carbocycles. The van der Waals surface area contributed by atoms with Crippen LogP contribution in [0.4, 0.5) is 0 Å². The maximum absolute atomic E-state index is 11.8. The average Bonchev–Trinajstić information content (AvgIpc) is 2.45. The summed E-state index contributed by atoms with van der Waals surface area (Å²) in [6.45, 7) is 11.3. The zero-order chi connectivity index (χ0) is 16.3. The van der Waals surface area contributed by atoms with Crippen molar-refractivity contribution in [3.8, 4) is 23.7 Å². The molecule has 2 nitrogen and oxygen atoms in total. The van der Waals surface area contributed by atoms with E-state index in [0.29, 0.717) is 6.42 Å². The number of rotatable bonds is 7. The highest BCUT2D eigenvalue weighted by molar-refractivity contribution is 6.04. The largest absolute Gasteiger partial charge is 0.303 e. The summed E-state index contributed by atoms with van der Waals surface area (Å²) in [5.41, 5.74) is 0.435. The van der Waals surface area contributed by atoms with Gasteiger partial charge in [-0.15, -0.1) is 18.4 Å². The van der Waals surface area contributed by atoms with Crippen molar-refractivity contribution in [2.75, 3.05) is 0 Å². The molecule has 0 fully saturated rings. The molecule has 112 valence electrons. The first-order chi connectivity index (χ1) is 9.89. The van der Waals surface area contributed by atoms with Crippen molar-refractivity contribution in [2.45, 2.75) is 47.0 Å². The third-order valence-electron chi connectivity index (χ3n) is 3.55. The van der Waals surface area contributed by atoms with Gasteiger partial charge in [0.05, 0.1) is 0 Å². The molecule has 0 aromatic carbocycles. The van der Waals surface area contributed by atoms with Gasteiger partial charge in [0.2, 0.25) is 5.78 Å². The second-order valence-electron chi connectivity index (χ2n) is 5.32. The number of allylic oxidation sites excluding steroid dienone is 3. The summed E-state index contributed by atoms with van der Waals surface area (Å²) < 4.78 is 0. The molecule has 0 aromatic rings. The van der Waals surface area contributed by atoms with Gasteiger partial charge in [-0.05, 0) is 45.1 Å². The van der Waals surface area contributed by atoms with E-state index in [4.69, 9.17) is 0 Å². The third-order valence-corrected chi connectivity index (χ3v) is 3.55. The van der Waals surface area contributed by atoms with E-state index in [2.05, 4.69) is 30.3 Å². The molecular weight excluding hydrogens is 260 g/mol. The van der Waals surface area contributed by atoms with Crippen molar-refractivity contribution >= 4 is 12.1 Å². The summed E-state index contributed by atoms with van der Waals surface area (Å²) in [6.07, 6.45) is 6.05. The molecule has 0 saturated heterocycles. The van der Waals surface area contributed by atoms with Crippen LogP contribution in [0.5, 0.6) is 0 Å². The van der Waals surface area contributed by atoms with Gasteiger partial charge in [-0.2, -0.15) is 0 Å². The number of aldehydes is 1. The lowest BCUT2D eigenvalue weighted by Crippen LogP contribution is -2.21. The molecule has 0 aliphatic rings. The van der Waals surface area contributed by atoms with Crippen molar-refractivity contribution in [1.29, 1.82) is 0 Å². The van der Waals surface area contributed by atoms with Crippen LogP contribution >= 0.6 is 0 Å². The highest BCUT2D eigenvalue weighted by atomic mass is 16.1. The standard InChI is InChI=1S/C19H24O2/c1-6-8-9-10-16(3)15-18(21)11-13-19(5,7-2)17(4)12-14-20/h7,14-15,17H,2,9-10,12H2,1,3-5H3/b16-15+. The van der Waals surface area contributed by atoms with E-state index in [9.17, 15) is 9.59 Å². The molecule has 0 spiro atoms. The van der Waals surface area contributed by atoms with Gasteiger partial charge < -0.3 is 4.79 Å². The Kier molecular flexibility index (Phi) is 8.82. The average molecular weight is 284 g/mol. The predicted octanol–water partition coefficient (Wildman–Crippen LogP) is 3.73. The maximum atomic E-state index is 11.8. The van der Waals surface area contributed by atoms with E-state index in [1.807, 2.05) is 20.8 Å². The Hall–Kier alpha value is -2.06. The highest BCUT2D eigenvalue weighted by Gasteiger charge is 2.25. The van der Waals surface area contributed by atoms with Crippen LogP contribution in [-0.4, -0.2) is 12.1 Å². The van der Waals surface area contributed by atoms with E-state index in [1.165, 1.54) is 0 Å². The summed E-state index contributed by atoms with van der Waals surface area (Å²) in [4.78, 5) is 22.5. The van der Waals surface area contributed by atoms with Gasteiger partial charge in [-0.3, -0.25) is 4.79 Å². The normalized spacial score (nSPS) is 14.6. The Morgan fingerprint density at radius 3 is 2.62 bits per heavy atom. The van der Waals surface area contributed by atoms with Crippen molar-refractivity contribution in [2.24, 2.45) is 11.3 Å². The van der Waals surface area contributed by atoms with E-state index in [1.54, 1.807) is 19.1 Å². The summed E-state index contributed by atoms with van der Waals surface area (Å²) >= 11 is 0. The first-order valence-electron chi connectivity index (χ1n) is 7.10. The van der Waals surface area contributed by atoms with Gasteiger partial charge in [-0.1, -0.05) is 24.5 Å². The predicted molar refractivity (Wildman–Crippen MR) is 87.4 cm³/mol. The molecular formula is C19H24O2. The van der Waals surface area contributed by atoms with Crippen LogP contribution < -0.4 is 0 Å². The Morgan fingerprint density at radius 2 is 2.10 bits per heavy atom.